The lowest BCUT2D eigenvalue weighted by molar-refractivity contribution is 0.352. The number of aryl methyl sites for hydroxylation is 1. The van der Waals surface area contributed by atoms with Gasteiger partial charge in [-0.3, -0.25) is 0 Å². The molecule has 0 unspecified atom stereocenters. The smallest absolute Gasteiger partial charge is 0.102 e. The lowest BCUT2D eigenvalue weighted by Crippen LogP contribution is -2.26. The molecule has 0 saturated carbocycles. The third kappa shape index (κ3) is 2.98. The van der Waals surface area contributed by atoms with E-state index >= 15 is 0 Å². The fourth-order valence-electron chi connectivity index (χ4n) is 2.32. The van der Waals surface area contributed by atoms with Gasteiger partial charge in [0.2, 0.25) is 0 Å². The molecule has 3 heteroatoms. The molecule has 1 aliphatic rings. The second kappa shape index (κ2) is 5.70. The molecule has 17 heavy (non-hydrogen) atoms. The van der Waals surface area contributed by atoms with Gasteiger partial charge in [-0.15, -0.1) is 0 Å². The number of benzene rings is 1. The molecule has 0 aliphatic carbocycles. The molecule has 0 atom stereocenters. The zero-order valence-corrected chi connectivity index (χ0v) is 10.4. The van der Waals surface area contributed by atoms with Gasteiger partial charge in [-0.2, -0.15) is 5.26 Å². The molecule has 1 fully saturated rings. The van der Waals surface area contributed by atoms with E-state index in [1.165, 1.54) is 25.9 Å². The van der Waals surface area contributed by atoms with Crippen molar-refractivity contribution in [2.45, 2.75) is 19.8 Å². The minimum Gasteiger partial charge on any atom is -0.383 e. The van der Waals surface area contributed by atoms with Gasteiger partial charge in [0.05, 0.1) is 11.3 Å². The van der Waals surface area contributed by atoms with Crippen molar-refractivity contribution in [3.8, 4) is 6.07 Å². The molecule has 0 radical (unpaired) electrons. The maximum Gasteiger partial charge on any atom is 0.102 e. The van der Waals surface area contributed by atoms with Crippen LogP contribution in [-0.2, 0) is 0 Å². The molecule has 1 saturated heterocycles. The second-order valence-corrected chi connectivity index (χ2v) is 4.58. The van der Waals surface area contributed by atoms with Crippen LogP contribution in [0.5, 0.6) is 0 Å². The van der Waals surface area contributed by atoms with E-state index in [1.807, 2.05) is 25.1 Å². The van der Waals surface area contributed by atoms with E-state index in [9.17, 15) is 0 Å². The van der Waals surface area contributed by atoms with E-state index in [-0.39, 0.29) is 0 Å². The van der Waals surface area contributed by atoms with Gasteiger partial charge in [-0.1, -0.05) is 12.1 Å². The SMILES string of the molecule is Cc1cccc(NCCN2CCCC2)c1C#N. The quantitative estimate of drug-likeness (QED) is 0.861. The summed E-state index contributed by atoms with van der Waals surface area (Å²) in [5.41, 5.74) is 2.78. The number of likely N-dealkylation sites (tertiary alicyclic amines) is 1. The summed E-state index contributed by atoms with van der Waals surface area (Å²) in [6.45, 7) is 6.41. The molecule has 0 spiro atoms. The minimum absolute atomic E-state index is 0.772. The third-order valence-corrected chi connectivity index (χ3v) is 3.33. The van der Waals surface area contributed by atoms with Crippen molar-refractivity contribution in [3.63, 3.8) is 0 Å². The highest BCUT2D eigenvalue weighted by Crippen LogP contribution is 2.18. The lowest BCUT2D eigenvalue weighted by Gasteiger charge is -2.16. The first-order chi connectivity index (χ1) is 8.31. The zero-order valence-electron chi connectivity index (χ0n) is 10.4. The fourth-order valence-corrected chi connectivity index (χ4v) is 2.32. The van der Waals surface area contributed by atoms with Crippen molar-refractivity contribution in [3.05, 3.63) is 29.3 Å². The summed E-state index contributed by atoms with van der Waals surface area (Å²) in [5, 5.41) is 12.5. The van der Waals surface area contributed by atoms with Gasteiger partial charge < -0.3 is 10.2 Å². The topological polar surface area (TPSA) is 39.1 Å². The van der Waals surface area contributed by atoms with Crippen LogP contribution in [0.1, 0.15) is 24.0 Å². The van der Waals surface area contributed by atoms with Gasteiger partial charge in [0.15, 0.2) is 0 Å². The minimum atomic E-state index is 0.772. The van der Waals surface area contributed by atoms with E-state index in [0.29, 0.717) is 0 Å². The zero-order chi connectivity index (χ0) is 12.1. The van der Waals surface area contributed by atoms with E-state index in [0.717, 1.165) is 29.9 Å². The van der Waals surface area contributed by atoms with Crippen LogP contribution in [-0.4, -0.2) is 31.1 Å². The first-order valence-electron chi connectivity index (χ1n) is 6.27. The molecule has 0 bridgehead atoms. The number of hydrogen-bond acceptors (Lipinski definition) is 3. The average molecular weight is 229 g/mol. The Kier molecular flexibility index (Phi) is 4.00. The Balaban J connectivity index is 1.90. The number of nitrogens with one attached hydrogen (secondary N) is 1. The maximum atomic E-state index is 9.11. The predicted octanol–water partition coefficient (Wildman–Crippen LogP) is 2.37. The van der Waals surface area contributed by atoms with E-state index in [2.05, 4.69) is 16.3 Å². The van der Waals surface area contributed by atoms with Gasteiger partial charge in [0.1, 0.15) is 6.07 Å². The Bertz CT molecular complexity index is 414. The highest BCUT2D eigenvalue weighted by Gasteiger charge is 2.10. The highest BCUT2D eigenvalue weighted by atomic mass is 15.1. The predicted molar refractivity (Wildman–Crippen MR) is 70.1 cm³/mol. The third-order valence-electron chi connectivity index (χ3n) is 3.33. The number of anilines is 1. The Morgan fingerprint density at radius 3 is 2.82 bits per heavy atom. The summed E-state index contributed by atoms with van der Waals surface area (Å²) < 4.78 is 0. The molecular formula is C14H19N3. The van der Waals surface area contributed by atoms with Crippen molar-refractivity contribution in [1.82, 2.24) is 4.90 Å². The summed E-state index contributed by atoms with van der Waals surface area (Å²) in [7, 11) is 0. The summed E-state index contributed by atoms with van der Waals surface area (Å²) in [4.78, 5) is 2.47. The van der Waals surface area contributed by atoms with Gasteiger partial charge in [0, 0.05) is 13.1 Å². The van der Waals surface area contributed by atoms with Gasteiger partial charge in [0.25, 0.3) is 0 Å². The number of rotatable bonds is 4. The van der Waals surface area contributed by atoms with Crippen molar-refractivity contribution in [2.75, 3.05) is 31.5 Å². The molecule has 1 N–H and O–H groups in total. The molecule has 0 amide bonds. The van der Waals surface area contributed by atoms with Crippen molar-refractivity contribution in [1.29, 1.82) is 5.26 Å². The van der Waals surface area contributed by atoms with Crippen LogP contribution in [0.3, 0.4) is 0 Å². The summed E-state index contributed by atoms with van der Waals surface area (Å²) in [5.74, 6) is 0. The first kappa shape index (κ1) is 11.9. The van der Waals surface area contributed by atoms with E-state index in [4.69, 9.17) is 5.26 Å². The van der Waals surface area contributed by atoms with Crippen LogP contribution in [0.2, 0.25) is 0 Å². The van der Waals surface area contributed by atoms with Crippen molar-refractivity contribution >= 4 is 5.69 Å². The van der Waals surface area contributed by atoms with Crippen molar-refractivity contribution < 1.29 is 0 Å². The Hall–Kier alpha value is -1.53. The monoisotopic (exact) mass is 229 g/mol. The molecule has 90 valence electrons. The van der Waals surface area contributed by atoms with Crippen LogP contribution < -0.4 is 5.32 Å². The standard InChI is InChI=1S/C14H19N3/c1-12-5-4-6-14(13(12)11-15)16-7-10-17-8-2-3-9-17/h4-6,16H,2-3,7-10H2,1H3. The molecule has 3 nitrogen and oxygen atoms in total. The molecule has 1 aliphatic heterocycles. The van der Waals surface area contributed by atoms with Crippen LogP contribution in [0.25, 0.3) is 0 Å². The fraction of sp³-hybridized carbons (Fsp3) is 0.500. The second-order valence-electron chi connectivity index (χ2n) is 4.58. The van der Waals surface area contributed by atoms with Gasteiger partial charge in [-0.25, -0.2) is 0 Å². The number of hydrogen-bond donors (Lipinski definition) is 1. The Morgan fingerprint density at radius 1 is 1.35 bits per heavy atom. The number of nitriles is 1. The molecule has 1 heterocycles. The molecule has 2 rings (SSSR count). The molecule has 1 aromatic carbocycles. The lowest BCUT2D eigenvalue weighted by atomic mass is 10.1. The summed E-state index contributed by atoms with van der Waals surface area (Å²) >= 11 is 0. The highest BCUT2D eigenvalue weighted by molar-refractivity contribution is 5.60. The average Bonchev–Trinajstić information content (AvgIpc) is 2.82. The van der Waals surface area contributed by atoms with Crippen LogP contribution in [0, 0.1) is 18.3 Å². The van der Waals surface area contributed by atoms with E-state index in [1.54, 1.807) is 0 Å². The largest absolute Gasteiger partial charge is 0.383 e. The van der Waals surface area contributed by atoms with Crippen LogP contribution >= 0.6 is 0 Å². The van der Waals surface area contributed by atoms with Crippen molar-refractivity contribution in [2.24, 2.45) is 0 Å². The molecule has 0 aromatic heterocycles. The van der Waals surface area contributed by atoms with Crippen LogP contribution in [0.15, 0.2) is 18.2 Å². The van der Waals surface area contributed by atoms with Gasteiger partial charge in [-0.05, 0) is 44.5 Å². The van der Waals surface area contributed by atoms with Crippen LogP contribution in [0.4, 0.5) is 5.69 Å². The molecule has 1 aromatic rings. The first-order valence-corrected chi connectivity index (χ1v) is 6.27. The van der Waals surface area contributed by atoms with E-state index < -0.39 is 0 Å². The van der Waals surface area contributed by atoms with Gasteiger partial charge >= 0.3 is 0 Å². The normalized spacial score (nSPS) is 15.8. The number of nitrogens with zero attached hydrogens (tertiary/aromatic N) is 2. The Morgan fingerprint density at radius 2 is 2.12 bits per heavy atom. The summed E-state index contributed by atoms with van der Waals surface area (Å²) in [6.07, 6.45) is 2.65. The maximum absolute atomic E-state index is 9.11. The summed E-state index contributed by atoms with van der Waals surface area (Å²) in [6, 6.07) is 8.22. The molecular weight excluding hydrogens is 210 g/mol. The Labute approximate surface area is 103 Å².